The van der Waals surface area contributed by atoms with Gasteiger partial charge in [-0.2, -0.15) is 0 Å². The maximum atomic E-state index is 13.0. The number of benzene rings is 2. The predicted molar refractivity (Wildman–Crippen MR) is 135 cm³/mol. The Bertz CT molecular complexity index is 1030. The Hall–Kier alpha value is -3.35. The van der Waals surface area contributed by atoms with Crippen molar-refractivity contribution in [1.82, 2.24) is 10.6 Å². The summed E-state index contributed by atoms with van der Waals surface area (Å²) in [6.07, 6.45) is 0.373. The van der Waals surface area contributed by atoms with E-state index in [4.69, 9.17) is 4.74 Å². The van der Waals surface area contributed by atoms with Crippen LogP contribution in [0.4, 0.5) is 4.79 Å². The lowest BCUT2D eigenvalue weighted by atomic mass is 9.86. The van der Waals surface area contributed by atoms with Gasteiger partial charge < -0.3 is 20.5 Å². The highest BCUT2D eigenvalue weighted by Crippen LogP contribution is 2.44. The number of aliphatic carboxylic acids is 1. The molecule has 188 valence electrons. The fraction of sp³-hybridized carbons (Fsp3) is 0.464. The Morgan fingerprint density at radius 3 is 1.94 bits per heavy atom. The summed E-state index contributed by atoms with van der Waals surface area (Å²) < 4.78 is 5.60. The van der Waals surface area contributed by atoms with Crippen molar-refractivity contribution in [1.29, 1.82) is 0 Å². The van der Waals surface area contributed by atoms with Gasteiger partial charge >= 0.3 is 12.1 Å². The highest BCUT2D eigenvalue weighted by atomic mass is 16.5. The lowest BCUT2D eigenvalue weighted by Gasteiger charge is -2.29. The molecule has 0 fully saturated rings. The Morgan fingerprint density at radius 2 is 1.46 bits per heavy atom. The molecule has 0 aliphatic heterocycles. The number of carbonyl (C=O) groups excluding carboxylic acids is 2. The molecule has 7 nitrogen and oxygen atoms in total. The number of hydrogen-bond donors (Lipinski definition) is 3. The fourth-order valence-corrected chi connectivity index (χ4v) is 4.44. The summed E-state index contributed by atoms with van der Waals surface area (Å²) in [5.74, 6) is -1.42. The van der Waals surface area contributed by atoms with Gasteiger partial charge in [-0.3, -0.25) is 4.79 Å². The monoisotopic (exact) mass is 480 g/mol. The van der Waals surface area contributed by atoms with Crippen LogP contribution in [0, 0.1) is 11.3 Å². The van der Waals surface area contributed by atoms with Crippen LogP contribution in [-0.2, 0) is 14.3 Å². The first kappa shape index (κ1) is 26.3. The average Bonchev–Trinajstić information content (AvgIpc) is 3.11. The molecule has 0 spiro atoms. The maximum Gasteiger partial charge on any atom is 0.407 e. The van der Waals surface area contributed by atoms with Gasteiger partial charge in [-0.15, -0.1) is 0 Å². The van der Waals surface area contributed by atoms with E-state index in [9.17, 15) is 19.5 Å². The fourth-order valence-electron chi connectivity index (χ4n) is 4.44. The second-order valence-electron chi connectivity index (χ2n) is 10.6. The first-order valence-corrected chi connectivity index (χ1v) is 12.1. The third kappa shape index (κ3) is 6.41. The van der Waals surface area contributed by atoms with Crippen molar-refractivity contribution in [2.24, 2.45) is 11.3 Å². The first-order valence-electron chi connectivity index (χ1n) is 12.1. The van der Waals surface area contributed by atoms with Crippen molar-refractivity contribution >= 4 is 18.0 Å². The third-order valence-corrected chi connectivity index (χ3v) is 6.38. The van der Waals surface area contributed by atoms with E-state index in [1.54, 1.807) is 20.8 Å². The van der Waals surface area contributed by atoms with Crippen molar-refractivity contribution in [3.05, 3.63) is 59.7 Å². The number of hydrogen-bond acceptors (Lipinski definition) is 4. The number of alkyl carbamates (subject to hydrolysis) is 1. The summed E-state index contributed by atoms with van der Waals surface area (Å²) >= 11 is 0. The molecule has 2 atom stereocenters. The number of fused-ring (bicyclic) bond motifs is 3. The molecule has 0 saturated carbocycles. The molecule has 2 aromatic carbocycles. The summed E-state index contributed by atoms with van der Waals surface area (Å²) in [5.41, 5.74) is 3.78. The summed E-state index contributed by atoms with van der Waals surface area (Å²) in [6.45, 7) is 9.42. The van der Waals surface area contributed by atoms with E-state index in [1.807, 2.05) is 50.2 Å². The molecule has 1 aliphatic carbocycles. The predicted octanol–water partition coefficient (Wildman–Crippen LogP) is 4.95. The normalized spacial score (nSPS) is 14.6. The minimum atomic E-state index is -1.12. The molecule has 3 N–H and O–H groups in total. The van der Waals surface area contributed by atoms with Crippen LogP contribution >= 0.6 is 0 Å². The van der Waals surface area contributed by atoms with E-state index in [1.165, 1.54) is 0 Å². The molecule has 1 aliphatic rings. The van der Waals surface area contributed by atoms with Gasteiger partial charge in [-0.05, 0) is 46.4 Å². The number of amides is 2. The molecule has 1 unspecified atom stereocenters. The van der Waals surface area contributed by atoms with Crippen LogP contribution in [0.25, 0.3) is 11.1 Å². The van der Waals surface area contributed by atoms with Gasteiger partial charge in [0.15, 0.2) is 0 Å². The molecule has 0 saturated heterocycles. The van der Waals surface area contributed by atoms with Crippen molar-refractivity contribution in [2.45, 2.75) is 65.5 Å². The van der Waals surface area contributed by atoms with Gasteiger partial charge in [0.25, 0.3) is 0 Å². The van der Waals surface area contributed by atoms with Crippen LogP contribution in [0.15, 0.2) is 48.5 Å². The van der Waals surface area contributed by atoms with E-state index in [0.717, 1.165) is 22.3 Å². The number of carboxylic acids is 1. The summed E-state index contributed by atoms with van der Waals surface area (Å²) in [4.78, 5) is 37.5. The highest BCUT2D eigenvalue weighted by Gasteiger charge is 2.35. The van der Waals surface area contributed by atoms with Crippen molar-refractivity contribution in [3.8, 4) is 11.1 Å². The van der Waals surface area contributed by atoms with Crippen LogP contribution in [0.2, 0.25) is 0 Å². The maximum absolute atomic E-state index is 13.0. The molecule has 0 bridgehead atoms. The second kappa shape index (κ2) is 10.9. The standard InChI is InChI=1S/C28H36N2O5/c1-17(2)14-15-23(25(31)30-24(26(32)33)28(3,4)5)29-27(34)35-16-22-20-12-8-6-10-18(20)19-11-7-9-13-21(19)22/h6-13,17,22-24H,14-16H2,1-5H3,(H,29,34)(H,30,31)(H,32,33)/t23?,24-/m1/s1. The van der Waals surface area contributed by atoms with Crippen LogP contribution in [-0.4, -0.2) is 41.8 Å². The molecule has 2 aromatic rings. The molecule has 0 radical (unpaired) electrons. The number of nitrogens with one attached hydrogen (secondary N) is 2. The Kier molecular flexibility index (Phi) is 8.20. The molecule has 7 heteroatoms. The number of ether oxygens (including phenoxy) is 1. The lowest BCUT2D eigenvalue weighted by molar-refractivity contribution is -0.145. The van der Waals surface area contributed by atoms with Crippen molar-refractivity contribution in [3.63, 3.8) is 0 Å². The summed E-state index contributed by atoms with van der Waals surface area (Å²) in [6, 6.07) is 14.2. The zero-order chi connectivity index (χ0) is 25.8. The number of rotatable bonds is 9. The first-order chi connectivity index (χ1) is 16.5. The van der Waals surface area contributed by atoms with Gasteiger partial charge in [0.05, 0.1) is 0 Å². The Morgan fingerprint density at radius 1 is 0.914 bits per heavy atom. The largest absolute Gasteiger partial charge is 0.480 e. The van der Waals surface area contributed by atoms with Crippen LogP contribution in [0.1, 0.15) is 64.5 Å². The van der Waals surface area contributed by atoms with Crippen molar-refractivity contribution in [2.75, 3.05) is 6.61 Å². The molecule has 0 aromatic heterocycles. The molecular formula is C28H36N2O5. The van der Waals surface area contributed by atoms with Gasteiger partial charge in [-0.25, -0.2) is 9.59 Å². The zero-order valence-electron chi connectivity index (χ0n) is 21.1. The van der Waals surface area contributed by atoms with E-state index in [0.29, 0.717) is 18.8 Å². The quantitative estimate of drug-likeness (QED) is 0.471. The second-order valence-corrected chi connectivity index (χ2v) is 10.6. The van der Waals surface area contributed by atoms with Crippen LogP contribution in [0.3, 0.4) is 0 Å². The van der Waals surface area contributed by atoms with Gasteiger partial charge in [0.2, 0.25) is 5.91 Å². The minimum absolute atomic E-state index is 0.0895. The van der Waals surface area contributed by atoms with E-state index in [-0.39, 0.29) is 12.5 Å². The van der Waals surface area contributed by atoms with Gasteiger partial charge in [-0.1, -0.05) is 83.1 Å². The van der Waals surface area contributed by atoms with E-state index >= 15 is 0 Å². The zero-order valence-corrected chi connectivity index (χ0v) is 21.1. The van der Waals surface area contributed by atoms with Crippen LogP contribution in [0.5, 0.6) is 0 Å². The van der Waals surface area contributed by atoms with Crippen LogP contribution < -0.4 is 10.6 Å². The Labute approximate surface area is 207 Å². The Balaban J connectivity index is 1.69. The van der Waals surface area contributed by atoms with E-state index < -0.39 is 35.5 Å². The molecule has 2 amide bonds. The molecule has 35 heavy (non-hydrogen) atoms. The van der Waals surface area contributed by atoms with Gasteiger partial charge in [0, 0.05) is 5.92 Å². The minimum Gasteiger partial charge on any atom is -0.480 e. The summed E-state index contributed by atoms with van der Waals surface area (Å²) in [5, 5.41) is 14.9. The summed E-state index contributed by atoms with van der Waals surface area (Å²) in [7, 11) is 0. The lowest BCUT2D eigenvalue weighted by Crippen LogP contribution is -2.55. The highest BCUT2D eigenvalue weighted by molar-refractivity contribution is 5.89. The number of carboxylic acid groups (broad SMARTS) is 1. The van der Waals surface area contributed by atoms with Gasteiger partial charge in [0.1, 0.15) is 18.7 Å². The average molecular weight is 481 g/mol. The molecule has 0 heterocycles. The van der Waals surface area contributed by atoms with E-state index in [2.05, 4.69) is 22.8 Å². The smallest absolute Gasteiger partial charge is 0.407 e. The molecule has 3 rings (SSSR count). The third-order valence-electron chi connectivity index (χ3n) is 6.38. The molecular weight excluding hydrogens is 444 g/mol. The SMILES string of the molecule is CC(C)CCC(NC(=O)OCC1c2ccccc2-c2ccccc21)C(=O)N[C@H](C(=O)O)C(C)(C)C. The topological polar surface area (TPSA) is 105 Å². The van der Waals surface area contributed by atoms with Crippen molar-refractivity contribution < 1.29 is 24.2 Å². The number of carbonyl (C=O) groups is 3.